The fourth-order valence-corrected chi connectivity index (χ4v) is 1.31. The molecule has 0 aromatic heterocycles. The van der Waals surface area contributed by atoms with E-state index in [1.807, 2.05) is 0 Å². The highest BCUT2D eigenvalue weighted by Gasteiger charge is 2.14. The molecule has 2 N–H and O–H groups in total. The number of aliphatic hydroxyl groups is 1. The molecule has 0 heterocycles. The second-order valence-corrected chi connectivity index (χ2v) is 3.46. The zero-order valence-electron chi connectivity index (χ0n) is 8.38. The first-order valence-corrected chi connectivity index (χ1v) is 4.65. The molecule has 1 aromatic carbocycles. The van der Waals surface area contributed by atoms with Gasteiger partial charge in [-0.1, -0.05) is 0 Å². The molecule has 5 nitrogen and oxygen atoms in total. The lowest BCUT2D eigenvalue weighted by atomic mass is 10.1. The van der Waals surface area contributed by atoms with Crippen LogP contribution in [0.5, 0.6) is 5.75 Å². The van der Waals surface area contributed by atoms with Gasteiger partial charge in [-0.05, 0) is 31.9 Å². The van der Waals surface area contributed by atoms with Crippen molar-refractivity contribution >= 4 is 5.69 Å². The van der Waals surface area contributed by atoms with E-state index in [1.54, 1.807) is 6.92 Å². The van der Waals surface area contributed by atoms with Crippen LogP contribution < -0.4 is 0 Å². The fraction of sp³-hybridized carbons (Fsp3) is 0.400. The summed E-state index contributed by atoms with van der Waals surface area (Å²) in [4.78, 5) is 10.1. The van der Waals surface area contributed by atoms with Gasteiger partial charge in [0.1, 0.15) is 5.75 Å². The summed E-state index contributed by atoms with van der Waals surface area (Å²) in [6.07, 6.45) is 0.305. The minimum absolute atomic E-state index is 0.00110. The van der Waals surface area contributed by atoms with Crippen molar-refractivity contribution in [3.63, 3.8) is 0 Å². The smallest absolute Gasteiger partial charge is 0.272 e. The van der Waals surface area contributed by atoms with Gasteiger partial charge >= 0.3 is 0 Å². The zero-order chi connectivity index (χ0) is 11.4. The third-order valence-corrected chi connectivity index (χ3v) is 2.09. The maximum Gasteiger partial charge on any atom is 0.272 e. The van der Waals surface area contributed by atoms with Gasteiger partial charge in [-0.25, -0.2) is 0 Å². The number of phenols is 1. The number of hydrogen-bond donors (Lipinski definition) is 2. The largest absolute Gasteiger partial charge is 0.508 e. The maximum atomic E-state index is 10.6. The summed E-state index contributed by atoms with van der Waals surface area (Å²) < 4.78 is 0. The first-order chi connectivity index (χ1) is 7.00. The standard InChI is InChI=1S/C10H13NO4/c1-7(12)2-3-8-6-9(13)4-5-10(8)11(14)15/h4-7,12-13H,2-3H2,1H3/t7-/m0/s1. The Balaban J connectivity index is 2.92. The van der Waals surface area contributed by atoms with E-state index < -0.39 is 11.0 Å². The number of aromatic hydroxyl groups is 1. The maximum absolute atomic E-state index is 10.6. The Bertz CT molecular complexity index is 362. The molecule has 0 bridgehead atoms. The predicted octanol–water partition coefficient (Wildman–Crippen LogP) is 1.61. The number of aliphatic hydroxyl groups excluding tert-OH is 1. The topological polar surface area (TPSA) is 83.6 Å². The molecule has 0 unspecified atom stereocenters. The van der Waals surface area contributed by atoms with Gasteiger partial charge in [0.05, 0.1) is 11.0 Å². The van der Waals surface area contributed by atoms with E-state index >= 15 is 0 Å². The first-order valence-electron chi connectivity index (χ1n) is 4.65. The van der Waals surface area contributed by atoms with Crippen molar-refractivity contribution < 1.29 is 15.1 Å². The van der Waals surface area contributed by atoms with E-state index in [1.165, 1.54) is 18.2 Å². The number of phenolic OH excluding ortho intramolecular Hbond substituents is 1. The molecule has 1 atom stereocenters. The number of benzene rings is 1. The number of nitro benzene ring substituents is 1. The van der Waals surface area contributed by atoms with Crippen LogP contribution in [0.25, 0.3) is 0 Å². The third kappa shape index (κ3) is 3.21. The number of aryl methyl sites for hydroxylation is 1. The van der Waals surface area contributed by atoms with Gasteiger partial charge in [0, 0.05) is 11.6 Å². The molecule has 5 heteroatoms. The van der Waals surface area contributed by atoms with Gasteiger partial charge < -0.3 is 10.2 Å². The molecular formula is C10H13NO4. The van der Waals surface area contributed by atoms with Crippen molar-refractivity contribution in [3.05, 3.63) is 33.9 Å². The molecule has 1 aromatic rings. The average Bonchev–Trinajstić information content (AvgIpc) is 2.14. The van der Waals surface area contributed by atoms with Crippen LogP contribution >= 0.6 is 0 Å². The molecule has 1 rings (SSSR count). The Hall–Kier alpha value is -1.62. The summed E-state index contributed by atoms with van der Waals surface area (Å²) in [5, 5.41) is 28.9. The molecule has 82 valence electrons. The lowest BCUT2D eigenvalue weighted by molar-refractivity contribution is -0.385. The number of rotatable bonds is 4. The highest BCUT2D eigenvalue weighted by Crippen LogP contribution is 2.24. The Morgan fingerprint density at radius 1 is 1.53 bits per heavy atom. The molecule has 0 saturated carbocycles. The van der Waals surface area contributed by atoms with E-state index in [0.717, 1.165) is 0 Å². The summed E-state index contributed by atoms with van der Waals surface area (Å²) in [6.45, 7) is 1.62. The Morgan fingerprint density at radius 2 is 2.20 bits per heavy atom. The van der Waals surface area contributed by atoms with Gasteiger partial charge in [-0.3, -0.25) is 10.1 Å². The van der Waals surface area contributed by atoms with Crippen molar-refractivity contribution in [1.29, 1.82) is 0 Å². The van der Waals surface area contributed by atoms with Crippen molar-refractivity contribution in [2.45, 2.75) is 25.9 Å². The van der Waals surface area contributed by atoms with E-state index in [0.29, 0.717) is 18.4 Å². The highest BCUT2D eigenvalue weighted by atomic mass is 16.6. The molecule has 15 heavy (non-hydrogen) atoms. The van der Waals surface area contributed by atoms with Crippen LogP contribution in [0.1, 0.15) is 18.9 Å². The second kappa shape index (κ2) is 4.75. The van der Waals surface area contributed by atoms with Crippen LogP contribution in [0.4, 0.5) is 5.69 Å². The molecule has 0 aliphatic carbocycles. The zero-order valence-corrected chi connectivity index (χ0v) is 8.38. The van der Waals surface area contributed by atoms with Crippen molar-refractivity contribution in [2.75, 3.05) is 0 Å². The van der Waals surface area contributed by atoms with Gasteiger partial charge in [0.15, 0.2) is 0 Å². The van der Waals surface area contributed by atoms with Crippen molar-refractivity contribution in [2.24, 2.45) is 0 Å². The molecular weight excluding hydrogens is 198 g/mol. The molecule has 0 fully saturated rings. The van der Waals surface area contributed by atoms with Gasteiger partial charge in [0.25, 0.3) is 5.69 Å². The summed E-state index contributed by atoms with van der Waals surface area (Å²) in [5.41, 5.74) is 0.425. The molecule has 0 spiro atoms. The number of hydrogen-bond acceptors (Lipinski definition) is 4. The number of nitrogens with zero attached hydrogens (tertiary/aromatic N) is 1. The quantitative estimate of drug-likeness (QED) is 0.585. The summed E-state index contributed by atoms with van der Waals surface area (Å²) >= 11 is 0. The molecule has 0 amide bonds. The lowest BCUT2D eigenvalue weighted by Crippen LogP contribution is -2.03. The minimum atomic E-state index is -0.507. The van der Waals surface area contributed by atoms with Crippen LogP contribution in [0.15, 0.2) is 18.2 Å². The average molecular weight is 211 g/mol. The Kier molecular flexibility index (Phi) is 3.62. The van der Waals surface area contributed by atoms with Crippen LogP contribution in [0, 0.1) is 10.1 Å². The molecule has 0 saturated heterocycles. The summed E-state index contributed by atoms with van der Waals surface area (Å²) in [5.74, 6) is 0.00110. The second-order valence-electron chi connectivity index (χ2n) is 3.46. The SMILES string of the molecule is C[C@H](O)CCc1cc(O)ccc1[N+](=O)[O-]. The van der Waals surface area contributed by atoms with Crippen molar-refractivity contribution in [3.8, 4) is 5.75 Å². The first kappa shape index (κ1) is 11.5. The number of nitro groups is 1. The minimum Gasteiger partial charge on any atom is -0.508 e. The van der Waals surface area contributed by atoms with Crippen LogP contribution in [0.2, 0.25) is 0 Å². The van der Waals surface area contributed by atoms with Gasteiger partial charge in [-0.2, -0.15) is 0 Å². The Labute approximate surface area is 87.1 Å². The predicted molar refractivity (Wildman–Crippen MR) is 54.8 cm³/mol. The summed E-state index contributed by atoms with van der Waals surface area (Å²) in [7, 11) is 0. The van der Waals surface area contributed by atoms with Crippen LogP contribution in [-0.4, -0.2) is 21.2 Å². The monoisotopic (exact) mass is 211 g/mol. The van der Waals surface area contributed by atoms with E-state index in [2.05, 4.69) is 0 Å². The normalized spacial score (nSPS) is 12.4. The van der Waals surface area contributed by atoms with E-state index in [-0.39, 0.29) is 11.4 Å². The van der Waals surface area contributed by atoms with E-state index in [9.17, 15) is 15.2 Å². The fourth-order valence-electron chi connectivity index (χ4n) is 1.31. The summed E-state index contributed by atoms with van der Waals surface area (Å²) in [6, 6.07) is 3.91. The highest BCUT2D eigenvalue weighted by molar-refractivity contribution is 5.44. The Morgan fingerprint density at radius 3 is 2.73 bits per heavy atom. The molecule has 0 radical (unpaired) electrons. The molecule has 0 aliphatic rings. The third-order valence-electron chi connectivity index (χ3n) is 2.09. The van der Waals surface area contributed by atoms with Crippen LogP contribution in [-0.2, 0) is 6.42 Å². The van der Waals surface area contributed by atoms with Crippen molar-refractivity contribution in [1.82, 2.24) is 0 Å². The van der Waals surface area contributed by atoms with E-state index in [4.69, 9.17) is 5.11 Å². The molecule has 0 aliphatic heterocycles. The lowest BCUT2D eigenvalue weighted by Gasteiger charge is -2.05. The van der Waals surface area contributed by atoms with Gasteiger partial charge in [-0.15, -0.1) is 0 Å². The van der Waals surface area contributed by atoms with Crippen LogP contribution in [0.3, 0.4) is 0 Å². The van der Waals surface area contributed by atoms with Gasteiger partial charge in [0.2, 0.25) is 0 Å².